The average molecular weight is 345 g/mol. The van der Waals surface area contributed by atoms with E-state index >= 15 is 0 Å². The van der Waals surface area contributed by atoms with Crippen LogP contribution in [0.15, 0.2) is 53.4 Å². The van der Waals surface area contributed by atoms with Gasteiger partial charge in [-0.1, -0.05) is 41.9 Å². The van der Waals surface area contributed by atoms with Crippen LogP contribution < -0.4 is 5.32 Å². The molecular weight excluding hydrogens is 322 g/mol. The molecule has 0 aliphatic heterocycles. The molecule has 0 atom stereocenters. The van der Waals surface area contributed by atoms with Crippen molar-refractivity contribution in [1.82, 2.24) is 0 Å². The quantitative estimate of drug-likeness (QED) is 0.574. The number of benzene rings is 2. The standard InChI is InChI=1S/C18H22BClN2O2/c1-4-23-19(24-5-2)22-18(14-9-7-6-8-10-14)16-13-15(20)11-12-17(16)21-3/h6-13,21H,4-5H2,1-3H3/b22-18+. The van der Waals surface area contributed by atoms with E-state index < -0.39 is 7.25 Å². The van der Waals surface area contributed by atoms with Gasteiger partial charge in [0.2, 0.25) is 0 Å². The van der Waals surface area contributed by atoms with E-state index in [1.165, 1.54) is 0 Å². The third-order valence-electron chi connectivity index (χ3n) is 3.41. The van der Waals surface area contributed by atoms with Crippen molar-refractivity contribution >= 4 is 30.3 Å². The maximum atomic E-state index is 6.22. The van der Waals surface area contributed by atoms with Crippen LogP contribution in [0.4, 0.5) is 5.69 Å². The number of anilines is 1. The molecule has 0 bridgehead atoms. The average Bonchev–Trinajstić information content (AvgIpc) is 2.60. The summed E-state index contributed by atoms with van der Waals surface area (Å²) in [7, 11) is 1.22. The van der Waals surface area contributed by atoms with Crippen LogP contribution in [0.25, 0.3) is 0 Å². The summed E-state index contributed by atoms with van der Waals surface area (Å²) in [5.41, 5.74) is 3.59. The molecule has 4 nitrogen and oxygen atoms in total. The highest BCUT2D eigenvalue weighted by molar-refractivity contribution is 6.46. The molecule has 6 heteroatoms. The van der Waals surface area contributed by atoms with Gasteiger partial charge in [-0.3, -0.25) is 4.90 Å². The van der Waals surface area contributed by atoms with Crippen molar-refractivity contribution in [1.29, 1.82) is 0 Å². The first-order valence-electron chi connectivity index (χ1n) is 8.03. The second-order valence-corrected chi connectivity index (χ2v) is 5.44. The molecule has 0 aromatic heterocycles. The molecule has 2 aromatic rings. The van der Waals surface area contributed by atoms with E-state index in [0.29, 0.717) is 18.2 Å². The van der Waals surface area contributed by atoms with Crippen molar-refractivity contribution in [2.45, 2.75) is 13.8 Å². The zero-order valence-electron chi connectivity index (χ0n) is 14.3. The summed E-state index contributed by atoms with van der Waals surface area (Å²) < 4.78 is 11.2. The topological polar surface area (TPSA) is 42.8 Å². The largest absolute Gasteiger partial charge is 0.612 e. The first-order chi connectivity index (χ1) is 11.7. The SMILES string of the molecule is CCOB(/N=C(\c1ccccc1)c1cc(Cl)ccc1NC)OCC. The van der Waals surface area contributed by atoms with E-state index in [-0.39, 0.29) is 0 Å². The van der Waals surface area contributed by atoms with Crippen LogP contribution in [0, 0.1) is 0 Å². The molecule has 2 aromatic carbocycles. The number of nitrogens with one attached hydrogen (secondary N) is 1. The zero-order chi connectivity index (χ0) is 17.4. The van der Waals surface area contributed by atoms with Gasteiger partial charge in [0.05, 0.1) is 5.71 Å². The molecule has 2 rings (SSSR count). The molecule has 0 aliphatic carbocycles. The first kappa shape index (κ1) is 18.5. The third-order valence-corrected chi connectivity index (χ3v) is 3.64. The molecule has 1 N–H and O–H groups in total. The van der Waals surface area contributed by atoms with Crippen LogP contribution in [0.1, 0.15) is 25.0 Å². The van der Waals surface area contributed by atoms with E-state index in [1.807, 2.05) is 69.4 Å². The smallest absolute Gasteiger partial charge is 0.391 e. The summed E-state index contributed by atoms with van der Waals surface area (Å²) in [6.07, 6.45) is 0. The Morgan fingerprint density at radius 2 is 1.75 bits per heavy atom. The molecule has 0 fully saturated rings. The van der Waals surface area contributed by atoms with Crippen LogP contribution in [0.5, 0.6) is 0 Å². The lowest BCUT2D eigenvalue weighted by atomic mass is 9.98. The molecular formula is C18H22BClN2O2. The number of hydrogen-bond donors (Lipinski definition) is 1. The van der Waals surface area contributed by atoms with Gasteiger partial charge in [0, 0.05) is 36.5 Å². The van der Waals surface area contributed by atoms with Crippen molar-refractivity contribution < 1.29 is 9.31 Å². The highest BCUT2D eigenvalue weighted by Gasteiger charge is 2.21. The van der Waals surface area contributed by atoms with E-state index in [1.54, 1.807) is 0 Å². The monoisotopic (exact) mass is 344 g/mol. The Kier molecular flexibility index (Phi) is 7.31. The predicted octanol–water partition coefficient (Wildman–Crippen LogP) is 4.28. The predicted molar refractivity (Wildman–Crippen MR) is 102 cm³/mol. The van der Waals surface area contributed by atoms with Crippen LogP contribution >= 0.6 is 11.6 Å². The molecule has 0 unspecified atom stereocenters. The second-order valence-electron chi connectivity index (χ2n) is 5.00. The molecule has 0 amide bonds. The highest BCUT2D eigenvalue weighted by atomic mass is 35.5. The third kappa shape index (κ3) is 4.84. The van der Waals surface area contributed by atoms with Crippen molar-refractivity contribution in [2.75, 3.05) is 25.6 Å². The summed E-state index contributed by atoms with van der Waals surface area (Å²) in [5, 5.41) is 3.84. The van der Waals surface area contributed by atoms with Crippen LogP contribution in [-0.4, -0.2) is 33.2 Å². The van der Waals surface area contributed by atoms with Gasteiger partial charge in [-0.25, -0.2) is 0 Å². The normalized spacial score (nSPS) is 11.4. The van der Waals surface area contributed by atoms with Gasteiger partial charge in [0.1, 0.15) is 0 Å². The van der Waals surface area contributed by atoms with Gasteiger partial charge >= 0.3 is 7.25 Å². The molecule has 126 valence electrons. The van der Waals surface area contributed by atoms with Gasteiger partial charge in [-0.15, -0.1) is 0 Å². The van der Waals surface area contributed by atoms with Crippen molar-refractivity contribution in [3.63, 3.8) is 0 Å². The Balaban J connectivity index is 2.57. The Morgan fingerprint density at radius 1 is 1.08 bits per heavy atom. The highest BCUT2D eigenvalue weighted by Crippen LogP contribution is 2.24. The molecule has 0 aliphatic rings. The lowest BCUT2D eigenvalue weighted by Crippen LogP contribution is -2.24. The zero-order valence-corrected chi connectivity index (χ0v) is 15.0. The second kappa shape index (κ2) is 9.47. The van der Waals surface area contributed by atoms with E-state index in [2.05, 4.69) is 5.32 Å². The minimum atomic E-state index is -0.654. The van der Waals surface area contributed by atoms with Crippen LogP contribution in [0.3, 0.4) is 0 Å². The van der Waals surface area contributed by atoms with Crippen molar-refractivity contribution in [3.05, 3.63) is 64.7 Å². The minimum absolute atomic E-state index is 0.519. The molecule has 0 saturated carbocycles. The number of halogens is 1. The lowest BCUT2D eigenvalue weighted by molar-refractivity contribution is 0.215. The fraction of sp³-hybridized carbons (Fsp3) is 0.278. The first-order valence-corrected chi connectivity index (χ1v) is 8.41. The van der Waals surface area contributed by atoms with E-state index in [4.69, 9.17) is 25.8 Å². The van der Waals surface area contributed by atoms with Crippen molar-refractivity contribution in [2.24, 2.45) is 4.90 Å². The molecule has 0 heterocycles. The maximum Gasteiger partial charge on any atom is 0.612 e. The van der Waals surface area contributed by atoms with Gasteiger partial charge in [-0.2, -0.15) is 0 Å². The van der Waals surface area contributed by atoms with Crippen LogP contribution in [0.2, 0.25) is 5.02 Å². The molecule has 24 heavy (non-hydrogen) atoms. The fourth-order valence-electron chi connectivity index (χ4n) is 2.34. The molecule has 0 radical (unpaired) electrons. The Hall–Kier alpha value is -1.82. The Bertz CT molecular complexity index is 674. The molecule has 0 saturated heterocycles. The Morgan fingerprint density at radius 3 is 2.33 bits per heavy atom. The summed E-state index contributed by atoms with van der Waals surface area (Å²) in [4.78, 5) is 4.72. The van der Waals surface area contributed by atoms with Gasteiger partial charge in [-0.05, 0) is 37.6 Å². The lowest BCUT2D eigenvalue weighted by Gasteiger charge is -2.15. The number of hydrogen-bond acceptors (Lipinski definition) is 4. The van der Waals surface area contributed by atoms with E-state index in [9.17, 15) is 0 Å². The van der Waals surface area contributed by atoms with Gasteiger partial charge in [0.25, 0.3) is 0 Å². The fourth-order valence-corrected chi connectivity index (χ4v) is 2.51. The summed E-state index contributed by atoms with van der Waals surface area (Å²) in [6, 6.07) is 15.6. The van der Waals surface area contributed by atoms with Gasteiger partial charge < -0.3 is 14.6 Å². The number of nitrogens with zero attached hydrogens (tertiary/aromatic N) is 1. The minimum Gasteiger partial charge on any atom is -0.391 e. The maximum absolute atomic E-state index is 6.22. The van der Waals surface area contributed by atoms with E-state index in [0.717, 1.165) is 22.5 Å². The van der Waals surface area contributed by atoms with Crippen molar-refractivity contribution in [3.8, 4) is 0 Å². The summed E-state index contributed by atoms with van der Waals surface area (Å²) >= 11 is 6.22. The number of rotatable bonds is 8. The van der Waals surface area contributed by atoms with Gasteiger partial charge in [0.15, 0.2) is 0 Å². The Labute approximate surface area is 149 Å². The summed E-state index contributed by atoms with van der Waals surface area (Å²) in [5.74, 6) is 0. The van der Waals surface area contributed by atoms with Crippen LogP contribution in [-0.2, 0) is 9.31 Å². The molecule has 0 spiro atoms. The summed E-state index contributed by atoms with van der Waals surface area (Å²) in [6.45, 7) is 4.87.